The second-order valence-electron chi connectivity index (χ2n) is 5.20. The van der Waals surface area contributed by atoms with Gasteiger partial charge in [-0.2, -0.15) is 0 Å². The van der Waals surface area contributed by atoms with Gasteiger partial charge in [0.15, 0.2) is 0 Å². The molecule has 5 heteroatoms. The van der Waals surface area contributed by atoms with Crippen molar-refractivity contribution in [3.8, 4) is 0 Å². The van der Waals surface area contributed by atoms with Crippen LogP contribution in [-0.2, 0) is 11.2 Å². The maximum atomic E-state index is 12.2. The molecule has 0 saturated carbocycles. The molecule has 1 unspecified atom stereocenters. The highest BCUT2D eigenvalue weighted by Crippen LogP contribution is 2.17. The lowest BCUT2D eigenvalue weighted by Gasteiger charge is -2.14. The summed E-state index contributed by atoms with van der Waals surface area (Å²) < 4.78 is 0. The normalized spacial score (nSPS) is 13.0. The van der Waals surface area contributed by atoms with Gasteiger partial charge >= 0.3 is 0 Å². The van der Waals surface area contributed by atoms with E-state index in [1.54, 1.807) is 0 Å². The van der Waals surface area contributed by atoms with Crippen LogP contribution in [0, 0.1) is 5.92 Å². The standard InChI is InChI=1S/C16H25N3O2/c1-3-5-6-13(4-2)16(20)18-14-9-7-12(8-10-14)11-15(17)19-21/h7-10,13,21H,3-6,11H2,1-2H3,(H2,17,19)(H,18,20). The van der Waals surface area contributed by atoms with Gasteiger partial charge in [-0.3, -0.25) is 4.79 Å². The zero-order chi connectivity index (χ0) is 15.7. The molecular weight excluding hydrogens is 266 g/mol. The van der Waals surface area contributed by atoms with Gasteiger partial charge in [-0.15, -0.1) is 0 Å². The van der Waals surface area contributed by atoms with E-state index in [4.69, 9.17) is 10.9 Å². The van der Waals surface area contributed by atoms with Gasteiger partial charge in [0.25, 0.3) is 0 Å². The molecular formula is C16H25N3O2. The van der Waals surface area contributed by atoms with Crippen molar-refractivity contribution in [3.63, 3.8) is 0 Å². The number of benzene rings is 1. The van der Waals surface area contributed by atoms with Gasteiger partial charge in [-0.25, -0.2) is 0 Å². The summed E-state index contributed by atoms with van der Waals surface area (Å²) >= 11 is 0. The monoisotopic (exact) mass is 291 g/mol. The Bertz CT molecular complexity index is 469. The fourth-order valence-corrected chi connectivity index (χ4v) is 2.17. The molecule has 0 aliphatic heterocycles. The average Bonchev–Trinajstić information content (AvgIpc) is 2.50. The second-order valence-corrected chi connectivity index (χ2v) is 5.20. The van der Waals surface area contributed by atoms with Crippen LogP contribution < -0.4 is 11.1 Å². The number of amidine groups is 1. The molecule has 0 aliphatic carbocycles. The first-order chi connectivity index (χ1) is 10.1. The molecule has 21 heavy (non-hydrogen) atoms. The van der Waals surface area contributed by atoms with Crippen LogP contribution in [0.5, 0.6) is 0 Å². The number of unbranched alkanes of at least 4 members (excludes halogenated alkanes) is 1. The van der Waals surface area contributed by atoms with Gasteiger partial charge in [0.05, 0.1) is 0 Å². The lowest BCUT2D eigenvalue weighted by atomic mass is 9.98. The minimum absolute atomic E-state index is 0.0711. The number of carbonyl (C=O) groups is 1. The number of rotatable bonds is 8. The number of amides is 1. The van der Waals surface area contributed by atoms with E-state index in [1.807, 2.05) is 31.2 Å². The van der Waals surface area contributed by atoms with Gasteiger partial charge in [0, 0.05) is 18.0 Å². The van der Waals surface area contributed by atoms with E-state index in [-0.39, 0.29) is 17.7 Å². The maximum absolute atomic E-state index is 12.2. The zero-order valence-corrected chi connectivity index (χ0v) is 12.8. The number of hydrogen-bond donors (Lipinski definition) is 3. The predicted octanol–water partition coefficient (Wildman–Crippen LogP) is 3.13. The van der Waals surface area contributed by atoms with Gasteiger partial charge in [-0.1, -0.05) is 44.0 Å². The number of nitrogens with two attached hydrogens (primary N) is 1. The summed E-state index contributed by atoms with van der Waals surface area (Å²) in [6.45, 7) is 4.17. The Hall–Kier alpha value is -2.04. The average molecular weight is 291 g/mol. The summed E-state index contributed by atoms with van der Waals surface area (Å²) in [4.78, 5) is 12.2. The highest BCUT2D eigenvalue weighted by molar-refractivity contribution is 5.92. The highest BCUT2D eigenvalue weighted by atomic mass is 16.4. The molecule has 1 atom stereocenters. The van der Waals surface area contributed by atoms with Gasteiger partial charge in [0.2, 0.25) is 5.91 Å². The first kappa shape index (κ1) is 17.0. The maximum Gasteiger partial charge on any atom is 0.227 e. The Morgan fingerprint density at radius 1 is 1.33 bits per heavy atom. The molecule has 0 fully saturated rings. The lowest BCUT2D eigenvalue weighted by Crippen LogP contribution is -2.22. The molecule has 0 aromatic heterocycles. The smallest absolute Gasteiger partial charge is 0.227 e. The molecule has 0 saturated heterocycles. The quantitative estimate of drug-likeness (QED) is 0.297. The van der Waals surface area contributed by atoms with Crippen molar-refractivity contribution in [2.75, 3.05) is 5.32 Å². The molecule has 0 spiro atoms. The van der Waals surface area contributed by atoms with Gasteiger partial charge < -0.3 is 16.3 Å². The van der Waals surface area contributed by atoms with Gasteiger partial charge in [0.1, 0.15) is 5.84 Å². The topological polar surface area (TPSA) is 87.7 Å². The zero-order valence-electron chi connectivity index (χ0n) is 12.8. The van der Waals surface area contributed by atoms with E-state index in [0.29, 0.717) is 6.42 Å². The minimum atomic E-state index is 0.0711. The lowest BCUT2D eigenvalue weighted by molar-refractivity contribution is -0.120. The molecule has 0 bridgehead atoms. The highest BCUT2D eigenvalue weighted by Gasteiger charge is 2.15. The summed E-state index contributed by atoms with van der Waals surface area (Å²) in [7, 11) is 0. The van der Waals surface area contributed by atoms with Crippen molar-refractivity contribution in [3.05, 3.63) is 29.8 Å². The van der Waals surface area contributed by atoms with Crippen molar-refractivity contribution in [1.29, 1.82) is 0 Å². The van der Waals surface area contributed by atoms with Crippen LogP contribution in [0.15, 0.2) is 29.4 Å². The second kappa shape index (κ2) is 9.00. The van der Waals surface area contributed by atoms with E-state index in [9.17, 15) is 4.79 Å². The number of hydrogen-bond acceptors (Lipinski definition) is 3. The van der Waals surface area contributed by atoms with Crippen LogP contribution in [0.2, 0.25) is 0 Å². The van der Waals surface area contributed by atoms with Crippen LogP contribution in [-0.4, -0.2) is 17.0 Å². The Morgan fingerprint density at radius 2 is 2.00 bits per heavy atom. The minimum Gasteiger partial charge on any atom is -0.409 e. The van der Waals surface area contributed by atoms with Crippen molar-refractivity contribution < 1.29 is 10.0 Å². The Labute approximate surface area is 126 Å². The Kier molecular flexibility index (Phi) is 7.29. The SMILES string of the molecule is CCCCC(CC)C(=O)Nc1ccc(CC(N)=NO)cc1. The molecule has 0 aliphatic rings. The van der Waals surface area contributed by atoms with Crippen molar-refractivity contribution in [1.82, 2.24) is 0 Å². The third-order valence-corrected chi connectivity index (χ3v) is 3.50. The molecule has 1 aromatic carbocycles. The van der Waals surface area contributed by atoms with Crippen molar-refractivity contribution >= 4 is 17.4 Å². The third-order valence-electron chi connectivity index (χ3n) is 3.50. The molecule has 1 rings (SSSR count). The van der Waals surface area contributed by atoms with Crippen LogP contribution >= 0.6 is 0 Å². The van der Waals surface area contributed by atoms with E-state index < -0.39 is 0 Å². The Balaban J connectivity index is 2.60. The first-order valence-corrected chi connectivity index (χ1v) is 7.46. The van der Waals surface area contributed by atoms with E-state index >= 15 is 0 Å². The largest absolute Gasteiger partial charge is 0.409 e. The summed E-state index contributed by atoms with van der Waals surface area (Å²) in [5.74, 6) is 0.314. The summed E-state index contributed by atoms with van der Waals surface area (Å²) in [5, 5.41) is 14.4. The Morgan fingerprint density at radius 3 is 2.52 bits per heavy atom. The molecule has 1 aromatic rings. The molecule has 4 N–H and O–H groups in total. The predicted molar refractivity (Wildman–Crippen MR) is 85.5 cm³/mol. The van der Waals surface area contributed by atoms with Crippen LogP contribution in [0.1, 0.15) is 45.1 Å². The first-order valence-electron chi connectivity index (χ1n) is 7.46. The number of anilines is 1. The van der Waals surface area contributed by atoms with E-state index in [1.165, 1.54) is 0 Å². The molecule has 0 heterocycles. The fourth-order valence-electron chi connectivity index (χ4n) is 2.17. The van der Waals surface area contributed by atoms with Gasteiger partial charge in [-0.05, 0) is 30.5 Å². The molecule has 1 amide bonds. The summed E-state index contributed by atoms with van der Waals surface area (Å²) in [6, 6.07) is 7.40. The van der Waals surface area contributed by atoms with Crippen LogP contribution in [0.25, 0.3) is 0 Å². The van der Waals surface area contributed by atoms with E-state index in [0.717, 1.165) is 36.9 Å². The molecule has 116 valence electrons. The third kappa shape index (κ3) is 5.85. The number of nitrogens with one attached hydrogen (secondary N) is 1. The molecule has 5 nitrogen and oxygen atoms in total. The summed E-state index contributed by atoms with van der Waals surface area (Å²) in [5.41, 5.74) is 7.17. The summed E-state index contributed by atoms with van der Waals surface area (Å²) in [6.07, 6.45) is 4.35. The number of oxime groups is 1. The van der Waals surface area contributed by atoms with Crippen molar-refractivity contribution in [2.24, 2.45) is 16.8 Å². The number of nitrogens with zero attached hydrogens (tertiary/aromatic N) is 1. The van der Waals surface area contributed by atoms with Crippen molar-refractivity contribution in [2.45, 2.75) is 46.0 Å². The van der Waals surface area contributed by atoms with E-state index in [2.05, 4.69) is 17.4 Å². The van der Waals surface area contributed by atoms with Crippen LogP contribution in [0.4, 0.5) is 5.69 Å². The number of carbonyl (C=O) groups excluding carboxylic acids is 1. The fraction of sp³-hybridized carbons (Fsp3) is 0.500. The molecule has 0 radical (unpaired) electrons. The van der Waals surface area contributed by atoms with Crippen LogP contribution in [0.3, 0.4) is 0 Å².